The molecular formula is C15H16ClNO3S. The summed E-state index contributed by atoms with van der Waals surface area (Å²) < 4.78 is 28.5. The highest BCUT2D eigenvalue weighted by Gasteiger charge is 2.14. The van der Waals surface area contributed by atoms with Crippen LogP contribution in [0.3, 0.4) is 0 Å². The Labute approximate surface area is 129 Å². The first-order chi connectivity index (χ1) is 9.88. The maximum Gasteiger partial charge on any atom is 0.261 e. The molecule has 0 bridgehead atoms. The summed E-state index contributed by atoms with van der Waals surface area (Å²) in [5.41, 5.74) is 2.59. The van der Waals surface area contributed by atoms with Gasteiger partial charge in [0.2, 0.25) is 0 Å². The topological polar surface area (TPSA) is 56.3 Å². The van der Waals surface area contributed by atoms with Gasteiger partial charge in [0.05, 0.1) is 11.5 Å². The van der Waals surface area contributed by atoms with Gasteiger partial charge in [-0.3, -0.25) is 4.98 Å². The molecule has 0 amide bonds. The first-order valence-corrected chi connectivity index (χ1v) is 8.76. The van der Waals surface area contributed by atoms with E-state index >= 15 is 0 Å². The fourth-order valence-electron chi connectivity index (χ4n) is 2.10. The van der Waals surface area contributed by atoms with Crippen LogP contribution in [0.15, 0.2) is 41.6 Å². The monoisotopic (exact) mass is 325 g/mol. The van der Waals surface area contributed by atoms with E-state index in [4.69, 9.17) is 15.4 Å². The maximum atomic E-state index is 11.4. The van der Waals surface area contributed by atoms with E-state index in [1.807, 2.05) is 12.1 Å². The lowest BCUT2D eigenvalue weighted by atomic mass is 10.1. The van der Waals surface area contributed by atoms with Crippen molar-refractivity contribution in [2.24, 2.45) is 0 Å². The van der Waals surface area contributed by atoms with Crippen LogP contribution in [-0.4, -0.2) is 20.0 Å². The third kappa shape index (κ3) is 4.19. The molecule has 0 N–H and O–H groups in total. The van der Waals surface area contributed by atoms with Crippen LogP contribution in [0.1, 0.15) is 16.7 Å². The molecular weight excluding hydrogens is 310 g/mol. The minimum Gasteiger partial charge on any atom is -0.493 e. The second kappa shape index (κ2) is 6.45. The van der Waals surface area contributed by atoms with E-state index in [0.717, 1.165) is 23.1 Å². The number of aromatic nitrogens is 1. The standard InChI is InChI=1S/C15H16ClNO3S/c1-11-8-14(21(16,18)19)9-12(2)15(11)20-7-5-13-4-3-6-17-10-13/h3-4,6,8-10H,5,7H2,1-2H3. The van der Waals surface area contributed by atoms with Crippen LogP contribution in [0, 0.1) is 13.8 Å². The molecule has 6 heteroatoms. The SMILES string of the molecule is Cc1cc(S(=O)(=O)Cl)cc(C)c1OCCc1cccnc1. The second-order valence-electron chi connectivity index (χ2n) is 4.78. The number of aryl methyl sites for hydroxylation is 2. The number of benzene rings is 1. The predicted octanol–water partition coefficient (Wildman–Crippen LogP) is 3.25. The lowest BCUT2D eigenvalue weighted by molar-refractivity contribution is 0.317. The van der Waals surface area contributed by atoms with Crippen molar-refractivity contribution < 1.29 is 13.2 Å². The van der Waals surface area contributed by atoms with Crippen LogP contribution >= 0.6 is 10.7 Å². The zero-order valence-electron chi connectivity index (χ0n) is 11.8. The summed E-state index contributed by atoms with van der Waals surface area (Å²) in [5.74, 6) is 0.697. The summed E-state index contributed by atoms with van der Waals surface area (Å²) in [6.45, 7) is 4.11. The highest BCUT2D eigenvalue weighted by atomic mass is 35.7. The van der Waals surface area contributed by atoms with Crippen molar-refractivity contribution in [1.82, 2.24) is 4.98 Å². The normalized spacial score (nSPS) is 11.4. The van der Waals surface area contributed by atoms with Gasteiger partial charge in [-0.1, -0.05) is 6.07 Å². The highest BCUT2D eigenvalue weighted by molar-refractivity contribution is 8.13. The first-order valence-electron chi connectivity index (χ1n) is 6.45. The van der Waals surface area contributed by atoms with Gasteiger partial charge in [0, 0.05) is 29.5 Å². The molecule has 0 atom stereocenters. The smallest absolute Gasteiger partial charge is 0.261 e. The summed E-state index contributed by atoms with van der Waals surface area (Å²) in [6, 6.07) is 6.91. The van der Waals surface area contributed by atoms with E-state index < -0.39 is 9.05 Å². The van der Waals surface area contributed by atoms with Gasteiger partial charge >= 0.3 is 0 Å². The maximum absolute atomic E-state index is 11.4. The van der Waals surface area contributed by atoms with E-state index in [-0.39, 0.29) is 4.90 Å². The lowest BCUT2D eigenvalue weighted by Crippen LogP contribution is -2.05. The molecule has 0 saturated heterocycles. The van der Waals surface area contributed by atoms with E-state index in [2.05, 4.69) is 4.98 Å². The molecule has 1 aromatic heterocycles. The van der Waals surface area contributed by atoms with Gasteiger partial charge in [0.15, 0.2) is 0 Å². The van der Waals surface area contributed by atoms with E-state index in [1.165, 1.54) is 12.1 Å². The Bertz CT molecular complexity index is 707. The number of hydrogen-bond acceptors (Lipinski definition) is 4. The fourth-order valence-corrected chi connectivity index (χ4v) is 3.00. The average Bonchev–Trinajstić information content (AvgIpc) is 2.42. The Morgan fingerprint density at radius 2 is 1.90 bits per heavy atom. The minimum atomic E-state index is -3.72. The number of ether oxygens (including phenoxy) is 1. The summed E-state index contributed by atoms with van der Waals surface area (Å²) in [4.78, 5) is 4.14. The van der Waals surface area contributed by atoms with E-state index in [9.17, 15) is 8.42 Å². The zero-order valence-corrected chi connectivity index (χ0v) is 13.4. The Morgan fingerprint density at radius 3 is 2.43 bits per heavy atom. The van der Waals surface area contributed by atoms with Crippen molar-refractivity contribution in [2.75, 3.05) is 6.61 Å². The van der Waals surface area contributed by atoms with Gasteiger partial charge in [0.25, 0.3) is 9.05 Å². The molecule has 4 nitrogen and oxygen atoms in total. The van der Waals surface area contributed by atoms with E-state index in [0.29, 0.717) is 12.4 Å². The number of halogens is 1. The second-order valence-corrected chi connectivity index (χ2v) is 7.35. The van der Waals surface area contributed by atoms with Crippen LogP contribution in [0.4, 0.5) is 0 Å². The van der Waals surface area contributed by atoms with Gasteiger partial charge in [-0.15, -0.1) is 0 Å². The van der Waals surface area contributed by atoms with Gasteiger partial charge in [-0.25, -0.2) is 8.42 Å². The lowest BCUT2D eigenvalue weighted by Gasteiger charge is -2.13. The van der Waals surface area contributed by atoms with Crippen molar-refractivity contribution in [1.29, 1.82) is 0 Å². The molecule has 1 aromatic carbocycles. The number of nitrogens with zero attached hydrogens (tertiary/aromatic N) is 1. The van der Waals surface area contributed by atoms with Crippen molar-refractivity contribution in [3.63, 3.8) is 0 Å². The molecule has 0 unspecified atom stereocenters. The predicted molar refractivity (Wildman–Crippen MR) is 82.4 cm³/mol. The molecule has 0 spiro atoms. The van der Waals surface area contributed by atoms with Crippen molar-refractivity contribution in [2.45, 2.75) is 25.2 Å². The molecule has 2 rings (SSSR count). The molecule has 0 saturated carbocycles. The first kappa shape index (κ1) is 15.8. The number of pyridine rings is 1. The Kier molecular flexibility index (Phi) is 4.85. The molecule has 112 valence electrons. The largest absolute Gasteiger partial charge is 0.493 e. The van der Waals surface area contributed by atoms with Gasteiger partial charge in [0.1, 0.15) is 5.75 Å². The van der Waals surface area contributed by atoms with Crippen LogP contribution in [0.2, 0.25) is 0 Å². The minimum absolute atomic E-state index is 0.0961. The number of rotatable bonds is 5. The Morgan fingerprint density at radius 1 is 1.24 bits per heavy atom. The van der Waals surface area contributed by atoms with Gasteiger partial charge in [-0.05, 0) is 48.7 Å². The van der Waals surface area contributed by atoms with Crippen molar-refractivity contribution in [3.05, 3.63) is 53.3 Å². The third-order valence-corrected chi connectivity index (χ3v) is 4.41. The zero-order chi connectivity index (χ0) is 15.5. The van der Waals surface area contributed by atoms with Crippen LogP contribution in [0.25, 0.3) is 0 Å². The summed E-state index contributed by atoms with van der Waals surface area (Å²) in [5, 5.41) is 0. The van der Waals surface area contributed by atoms with Gasteiger partial charge in [-0.2, -0.15) is 0 Å². The molecule has 21 heavy (non-hydrogen) atoms. The van der Waals surface area contributed by atoms with Crippen LogP contribution in [-0.2, 0) is 15.5 Å². The summed E-state index contributed by atoms with van der Waals surface area (Å²) >= 11 is 0. The summed E-state index contributed by atoms with van der Waals surface area (Å²) in [6.07, 6.45) is 4.26. The molecule has 0 radical (unpaired) electrons. The number of hydrogen-bond donors (Lipinski definition) is 0. The molecule has 2 aromatic rings. The van der Waals surface area contributed by atoms with Crippen molar-refractivity contribution >= 4 is 19.7 Å². The molecule has 1 heterocycles. The summed E-state index contributed by atoms with van der Waals surface area (Å²) in [7, 11) is 1.64. The Balaban J connectivity index is 2.11. The average molecular weight is 326 g/mol. The third-order valence-electron chi connectivity index (χ3n) is 3.08. The molecule has 0 aliphatic carbocycles. The van der Waals surface area contributed by atoms with E-state index in [1.54, 1.807) is 26.2 Å². The van der Waals surface area contributed by atoms with Crippen molar-refractivity contribution in [3.8, 4) is 5.75 Å². The fraction of sp³-hybridized carbons (Fsp3) is 0.267. The molecule has 0 aliphatic heterocycles. The molecule has 0 aliphatic rings. The van der Waals surface area contributed by atoms with Gasteiger partial charge < -0.3 is 4.74 Å². The van der Waals surface area contributed by atoms with Crippen LogP contribution < -0.4 is 4.74 Å². The highest BCUT2D eigenvalue weighted by Crippen LogP contribution is 2.28. The van der Waals surface area contributed by atoms with Crippen LogP contribution in [0.5, 0.6) is 5.75 Å². The quantitative estimate of drug-likeness (QED) is 0.792. The molecule has 0 fully saturated rings. The Hall–Kier alpha value is -1.59.